The minimum absolute atomic E-state index is 0.00589. The molecule has 1 fully saturated rings. The van der Waals surface area contributed by atoms with Crippen LogP contribution < -0.4 is 5.32 Å². The molecule has 1 saturated carbocycles. The van der Waals surface area contributed by atoms with Crippen LogP contribution in [0.25, 0.3) is 0 Å². The van der Waals surface area contributed by atoms with E-state index in [0.717, 1.165) is 5.56 Å². The molecule has 2 aromatic rings. The number of carbonyl (C=O) groups excluding carboxylic acids is 2. The van der Waals surface area contributed by atoms with Crippen molar-refractivity contribution in [3.63, 3.8) is 0 Å². The van der Waals surface area contributed by atoms with Gasteiger partial charge in [-0.2, -0.15) is 0 Å². The normalized spacial score (nSPS) is 18.3. The van der Waals surface area contributed by atoms with Gasteiger partial charge in [-0.1, -0.05) is 41.9 Å². The highest BCUT2D eigenvalue weighted by molar-refractivity contribution is 6.31. The summed E-state index contributed by atoms with van der Waals surface area (Å²) in [4.78, 5) is 26.8. The zero-order valence-electron chi connectivity index (χ0n) is 14.4. The summed E-state index contributed by atoms with van der Waals surface area (Å²) in [6.45, 7) is 3.06. The molecule has 2 amide bonds. The van der Waals surface area contributed by atoms with E-state index in [1.54, 1.807) is 4.90 Å². The molecule has 4 nitrogen and oxygen atoms in total. The molecule has 0 aromatic heterocycles. The molecule has 1 aliphatic carbocycles. The Hall–Kier alpha value is -2.40. The largest absolute Gasteiger partial charge is 0.338 e. The quantitative estimate of drug-likeness (QED) is 0.827. The number of rotatable bonds is 6. The van der Waals surface area contributed by atoms with Gasteiger partial charge in [0.25, 0.3) is 0 Å². The van der Waals surface area contributed by atoms with Crippen molar-refractivity contribution in [2.75, 3.05) is 11.9 Å². The van der Waals surface area contributed by atoms with Gasteiger partial charge >= 0.3 is 0 Å². The summed E-state index contributed by atoms with van der Waals surface area (Å²) in [6.07, 6.45) is 0.533. The van der Waals surface area contributed by atoms with Crippen LogP contribution in [0.1, 0.15) is 18.9 Å². The van der Waals surface area contributed by atoms with E-state index >= 15 is 0 Å². The van der Waals surface area contributed by atoms with Crippen molar-refractivity contribution >= 4 is 29.1 Å². The van der Waals surface area contributed by atoms with Crippen molar-refractivity contribution in [1.29, 1.82) is 0 Å². The van der Waals surface area contributed by atoms with Gasteiger partial charge in [-0.25, -0.2) is 4.39 Å². The first kappa shape index (κ1) is 18.4. The van der Waals surface area contributed by atoms with Gasteiger partial charge < -0.3 is 10.2 Å². The minimum atomic E-state index is -0.538. The van der Waals surface area contributed by atoms with Crippen molar-refractivity contribution in [3.05, 3.63) is 64.9 Å². The Kier molecular flexibility index (Phi) is 5.57. The highest BCUT2D eigenvalue weighted by Gasteiger charge is 2.49. The summed E-state index contributed by atoms with van der Waals surface area (Å²) >= 11 is 5.72. The van der Waals surface area contributed by atoms with Gasteiger partial charge in [0.15, 0.2) is 0 Å². The Balaban J connectivity index is 1.58. The first-order chi connectivity index (χ1) is 12.5. The van der Waals surface area contributed by atoms with Gasteiger partial charge in [0.05, 0.1) is 16.9 Å². The molecule has 0 spiro atoms. The van der Waals surface area contributed by atoms with Crippen LogP contribution in [0.5, 0.6) is 0 Å². The number of anilines is 1. The van der Waals surface area contributed by atoms with Crippen molar-refractivity contribution < 1.29 is 14.0 Å². The average Bonchev–Trinajstić information content (AvgIpc) is 3.44. The van der Waals surface area contributed by atoms with E-state index in [4.69, 9.17) is 11.6 Å². The number of hydrogen-bond donors (Lipinski definition) is 1. The standard InChI is InChI=1S/C20H20ClFN2O2/c1-2-24(12-13-6-4-3-5-7-13)20(26)16-11-15(16)19(25)23-14-8-9-18(22)17(21)10-14/h3-10,15-16H,2,11-12H2,1H3,(H,23,25). The summed E-state index contributed by atoms with van der Waals surface area (Å²) in [5.74, 6) is -1.43. The van der Waals surface area contributed by atoms with Crippen molar-refractivity contribution in [2.24, 2.45) is 11.8 Å². The fourth-order valence-corrected chi connectivity index (χ4v) is 3.13. The first-order valence-electron chi connectivity index (χ1n) is 8.58. The van der Waals surface area contributed by atoms with Crippen LogP contribution in [0.2, 0.25) is 5.02 Å². The summed E-state index contributed by atoms with van der Waals surface area (Å²) in [6, 6.07) is 13.8. The van der Waals surface area contributed by atoms with E-state index in [2.05, 4.69) is 5.32 Å². The van der Waals surface area contributed by atoms with Gasteiger partial charge in [-0.05, 0) is 37.1 Å². The minimum Gasteiger partial charge on any atom is -0.338 e. The van der Waals surface area contributed by atoms with Crippen LogP contribution in [0.15, 0.2) is 48.5 Å². The molecule has 2 aromatic carbocycles. The molecule has 136 valence electrons. The second kappa shape index (κ2) is 7.87. The number of nitrogens with one attached hydrogen (secondary N) is 1. The average molecular weight is 375 g/mol. The fraction of sp³-hybridized carbons (Fsp3) is 0.300. The Bertz CT molecular complexity index is 813. The predicted molar refractivity (Wildman–Crippen MR) is 99.2 cm³/mol. The van der Waals surface area contributed by atoms with Crippen LogP contribution in [-0.4, -0.2) is 23.3 Å². The lowest BCUT2D eigenvalue weighted by molar-refractivity contribution is -0.134. The van der Waals surface area contributed by atoms with Gasteiger partial charge in [-0.15, -0.1) is 0 Å². The van der Waals surface area contributed by atoms with E-state index in [1.807, 2.05) is 37.3 Å². The Morgan fingerprint density at radius 2 is 1.92 bits per heavy atom. The molecule has 6 heteroatoms. The molecule has 0 bridgehead atoms. The number of hydrogen-bond acceptors (Lipinski definition) is 2. The lowest BCUT2D eigenvalue weighted by atomic mass is 10.2. The van der Waals surface area contributed by atoms with Crippen LogP contribution >= 0.6 is 11.6 Å². The maximum atomic E-state index is 13.2. The maximum Gasteiger partial charge on any atom is 0.228 e. The molecule has 2 unspecified atom stereocenters. The summed E-state index contributed by atoms with van der Waals surface area (Å²) in [5.41, 5.74) is 1.49. The second-order valence-corrected chi connectivity index (χ2v) is 6.81. The SMILES string of the molecule is CCN(Cc1ccccc1)C(=O)C1CC1C(=O)Nc1ccc(F)c(Cl)c1. The monoisotopic (exact) mass is 374 g/mol. The van der Waals surface area contributed by atoms with Crippen molar-refractivity contribution in [2.45, 2.75) is 19.9 Å². The predicted octanol–water partition coefficient (Wildman–Crippen LogP) is 4.10. The van der Waals surface area contributed by atoms with E-state index < -0.39 is 5.82 Å². The number of halogens is 2. The molecule has 0 radical (unpaired) electrons. The second-order valence-electron chi connectivity index (χ2n) is 6.40. The summed E-state index contributed by atoms with van der Waals surface area (Å²) < 4.78 is 13.2. The molecule has 2 atom stereocenters. The molecule has 26 heavy (non-hydrogen) atoms. The molecular formula is C20H20ClFN2O2. The number of carbonyl (C=O) groups is 2. The number of amides is 2. The fourth-order valence-electron chi connectivity index (χ4n) is 2.95. The van der Waals surface area contributed by atoms with Gasteiger partial charge in [-0.3, -0.25) is 9.59 Å². The molecule has 0 saturated heterocycles. The zero-order valence-corrected chi connectivity index (χ0v) is 15.2. The maximum absolute atomic E-state index is 13.2. The smallest absolute Gasteiger partial charge is 0.228 e. The van der Waals surface area contributed by atoms with Crippen LogP contribution in [0.4, 0.5) is 10.1 Å². The molecular weight excluding hydrogens is 355 g/mol. The summed E-state index contributed by atoms with van der Waals surface area (Å²) in [5, 5.41) is 2.65. The molecule has 0 heterocycles. The third-order valence-corrected chi connectivity index (χ3v) is 4.83. The van der Waals surface area contributed by atoms with Crippen LogP contribution in [-0.2, 0) is 16.1 Å². The highest BCUT2D eigenvalue weighted by atomic mass is 35.5. The van der Waals surface area contributed by atoms with Gasteiger partial charge in [0.2, 0.25) is 11.8 Å². The van der Waals surface area contributed by atoms with Crippen LogP contribution in [0.3, 0.4) is 0 Å². The molecule has 1 N–H and O–H groups in total. The topological polar surface area (TPSA) is 49.4 Å². The lowest BCUT2D eigenvalue weighted by Gasteiger charge is -2.21. The van der Waals surface area contributed by atoms with Crippen molar-refractivity contribution in [1.82, 2.24) is 4.90 Å². The summed E-state index contributed by atoms with van der Waals surface area (Å²) in [7, 11) is 0. The van der Waals surface area contributed by atoms with Gasteiger partial charge in [0, 0.05) is 18.8 Å². The Labute approximate surface area is 157 Å². The highest BCUT2D eigenvalue weighted by Crippen LogP contribution is 2.41. The van der Waals surface area contributed by atoms with E-state index in [9.17, 15) is 14.0 Å². The Morgan fingerprint density at radius 1 is 1.19 bits per heavy atom. The Morgan fingerprint density at radius 3 is 2.58 bits per heavy atom. The molecule has 0 aliphatic heterocycles. The van der Waals surface area contributed by atoms with Gasteiger partial charge in [0.1, 0.15) is 5.82 Å². The van der Waals surface area contributed by atoms with E-state index in [1.165, 1.54) is 18.2 Å². The lowest BCUT2D eigenvalue weighted by Crippen LogP contribution is -2.33. The van der Waals surface area contributed by atoms with E-state index in [-0.39, 0.29) is 28.7 Å². The van der Waals surface area contributed by atoms with Crippen molar-refractivity contribution in [3.8, 4) is 0 Å². The third-order valence-electron chi connectivity index (χ3n) is 4.54. The van der Waals surface area contributed by atoms with Crippen LogP contribution in [0, 0.1) is 17.7 Å². The molecule has 1 aliphatic rings. The first-order valence-corrected chi connectivity index (χ1v) is 8.96. The number of nitrogens with zero attached hydrogens (tertiary/aromatic N) is 1. The third kappa shape index (κ3) is 4.22. The number of benzene rings is 2. The zero-order chi connectivity index (χ0) is 18.7. The molecule has 3 rings (SSSR count). The van der Waals surface area contributed by atoms with E-state index in [0.29, 0.717) is 25.2 Å².